The van der Waals surface area contributed by atoms with Crippen LogP contribution in [0.2, 0.25) is 0 Å². The first kappa shape index (κ1) is 11.9. The zero-order valence-electron chi connectivity index (χ0n) is 10.0. The van der Waals surface area contributed by atoms with Crippen LogP contribution < -0.4 is 21.5 Å². The van der Waals surface area contributed by atoms with Gasteiger partial charge in [0.15, 0.2) is 0 Å². The van der Waals surface area contributed by atoms with Gasteiger partial charge in [0.25, 0.3) is 5.56 Å². The number of ether oxygens (including phenoxy) is 1. The van der Waals surface area contributed by atoms with E-state index >= 15 is 0 Å². The fourth-order valence-corrected chi connectivity index (χ4v) is 1.37. The van der Waals surface area contributed by atoms with Crippen molar-refractivity contribution in [3.05, 3.63) is 40.3 Å². The van der Waals surface area contributed by atoms with Crippen molar-refractivity contribution >= 4 is 11.6 Å². The maximum atomic E-state index is 11.6. The highest BCUT2D eigenvalue weighted by Crippen LogP contribution is 2.17. The Morgan fingerprint density at radius 1 is 1.28 bits per heavy atom. The van der Waals surface area contributed by atoms with Gasteiger partial charge in [-0.1, -0.05) is 0 Å². The first-order valence-corrected chi connectivity index (χ1v) is 5.24. The second-order valence-electron chi connectivity index (χ2n) is 3.64. The quantitative estimate of drug-likeness (QED) is 0.763. The first-order chi connectivity index (χ1) is 8.61. The van der Waals surface area contributed by atoms with Crippen LogP contribution in [0.1, 0.15) is 5.69 Å². The molecule has 1 aromatic heterocycles. The van der Waals surface area contributed by atoms with Crippen LogP contribution in [-0.2, 0) is 0 Å². The van der Waals surface area contributed by atoms with E-state index in [1.54, 1.807) is 38.3 Å². The van der Waals surface area contributed by atoms with Crippen LogP contribution in [-0.4, -0.2) is 22.0 Å². The minimum Gasteiger partial charge on any atom is -0.497 e. The van der Waals surface area contributed by atoms with E-state index in [4.69, 9.17) is 10.6 Å². The van der Waals surface area contributed by atoms with Crippen molar-refractivity contribution in [1.82, 2.24) is 14.9 Å². The molecule has 3 N–H and O–H groups in total. The Hall–Kier alpha value is -2.57. The lowest BCUT2D eigenvalue weighted by molar-refractivity contribution is 0.415. The summed E-state index contributed by atoms with van der Waals surface area (Å²) in [4.78, 5) is 11.6. The second kappa shape index (κ2) is 4.74. The van der Waals surface area contributed by atoms with Crippen molar-refractivity contribution in [1.29, 1.82) is 0 Å². The molecule has 0 aliphatic carbocycles. The van der Waals surface area contributed by atoms with Crippen LogP contribution in [0.4, 0.5) is 11.6 Å². The molecule has 0 spiro atoms. The molecule has 1 aromatic carbocycles. The maximum absolute atomic E-state index is 11.6. The summed E-state index contributed by atoms with van der Waals surface area (Å²) in [6.07, 6.45) is 0. The zero-order valence-corrected chi connectivity index (χ0v) is 10.0. The third kappa shape index (κ3) is 2.24. The minimum atomic E-state index is -0.388. The first-order valence-electron chi connectivity index (χ1n) is 5.24. The molecule has 0 fully saturated rings. The monoisotopic (exact) mass is 247 g/mol. The number of benzene rings is 1. The normalized spacial score (nSPS) is 10.1. The number of nitrogens with two attached hydrogens (primary N) is 1. The van der Waals surface area contributed by atoms with Crippen molar-refractivity contribution in [3.8, 4) is 5.75 Å². The Bertz CT molecular complexity index is 606. The predicted molar refractivity (Wildman–Crippen MR) is 67.5 cm³/mol. The predicted octanol–water partition coefficient (Wildman–Crippen LogP) is 0.413. The SMILES string of the molecule is COc1ccc(Nc2nnc(C)c(=O)n2N)cc1. The lowest BCUT2D eigenvalue weighted by Gasteiger charge is -2.09. The van der Waals surface area contributed by atoms with Crippen molar-refractivity contribution < 1.29 is 4.74 Å². The molecular weight excluding hydrogens is 234 g/mol. The number of nitrogens with one attached hydrogen (secondary N) is 1. The highest BCUT2D eigenvalue weighted by Gasteiger charge is 2.06. The van der Waals surface area contributed by atoms with Crippen molar-refractivity contribution in [3.63, 3.8) is 0 Å². The van der Waals surface area contributed by atoms with E-state index in [9.17, 15) is 4.79 Å². The Morgan fingerprint density at radius 2 is 1.94 bits per heavy atom. The summed E-state index contributed by atoms with van der Waals surface area (Å²) >= 11 is 0. The Kier molecular flexibility index (Phi) is 3.13. The van der Waals surface area contributed by atoms with Gasteiger partial charge < -0.3 is 15.9 Å². The van der Waals surface area contributed by atoms with Gasteiger partial charge in [-0.05, 0) is 31.2 Å². The molecule has 94 valence electrons. The molecule has 18 heavy (non-hydrogen) atoms. The van der Waals surface area contributed by atoms with Gasteiger partial charge in [0, 0.05) is 5.69 Å². The number of hydrogen-bond acceptors (Lipinski definition) is 6. The minimum absolute atomic E-state index is 0.177. The van der Waals surface area contributed by atoms with E-state index in [1.807, 2.05) is 0 Å². The lowest BCUT2D eigenvalue weighted by Crippen LogP contribution is -2.32. The summed E-state index contributed by atoms with van der Waals surface area (Å²) in [5, 5.41) is 10.4. The molecular formula is C11H13N5O2. The number of aromatic nitrogens is 3. The number of anilines is 2. The summed E-state index contributed by atoms with van der Waals surface area (Å²) in [5.41, 5.74) is 0.589. The van der Waals surface area contributed by atoms with Gasteiger partial charge in [-0.25, -0.2) is 0 Å². The van der Waals surface area contributed by atoms with Gasteiger partial charge in [0.1, 0.15) is 11.4 Å². The fraction of sp³-hybridized carbons (Fsp3) is 0.182. The average molecular weight is 247 g/mol. The number of nitrogen functional groups attached to an aromatic ring is 1. The number of methoxy groups -OCH3 is 1. The van der Waals surface area contributed by atoms with Crippen LogP contribution in [0.15, 0.2) is 29.1 Å². The summed E-state index contributed by atoms with van der Waals surface area (Å²) < 4.78 is 5.97. The van der Waals surface area contributed by atoms with Gasteiger partial charge in [-0.15, -0.1) is 10.2 Å². The van der Waals surface area contributed by atoms with E-state index in [1.165, 1.54) is 0 Å². The molecule has 0 saturated heterocycles. The molecule has 0 radical (unpaired) electrons. The molecule has 0 amide bonds. The molecule has 1 heterocycles. The maximum Gasteiger partial charge on any atom is 0.295 e. The number of rotatable bonds is 3. The van der Waals surface area contributed by atoms with E-state index in [0.29, 0.717) is 0 Å². The second-order valence-corrected chi connectivity index (χ2v) is 3.64. The van der Waals surface area contributed by atoms with Crippen molar-refractivity contribution in [2.45, 2.75) is 6.92 Å². The number of nitrogens with zero attached hydrogens (tertiary/aromatic N) is 3. The summed E-state index contributed by atoms with van der Waals surface area (Å²) in [6, 6.07) is 7.13. The molecule has 0 aliphatic heterocycles. The number of hydrogen-bond donors (Lipinski definition) is 2. The molecule has 2 rings (SSSR count). The van der Waals surface area contributed by atoms with Crippen LogP contribution >= 0.6 is 0 Å². The average Bonchev–Trinajstić information content (AvgIpc) is 2.40. The highest BCUT2D eigenvalue weighted by molar-refractivity contribution is 5.54. The Balaban J connectivity index is 2.28. The molecule has 0 unspecified atom stereocenters. The summed E-state index contributed by atoms with van der Waals surface area (Å²) in [7, 11) is 1.59. The van der Waals surface area contributed by atoms with E-state index in [-0.39, 0.29) is 17.2 Å². The van der Waals surface area contributed by atoms with Crippen LogP contribution in [0.5, 0.6) is 5.75 Å². The fourth-order valence-electron chi connectivity index (χ4n) is 1.37. The van der Waals surface area contributed by atoms with E-state index in [2.05, 4.69) is 15.5 Å². The van der Waals surface area contributed by atoms with Gasteiger partial charge >= 0.3 is 0 Å². The topological polar surface area (TPSA) is 95.1 Å². The molecule has 0 saturated carbocycles. The van der Waals surface area contributed by atoms with Crippen LogP contribution in [0, 0.1) is 6.92 Å². The molecule has 0 atom stereocenters. The highest BCUT2D eigenvalue weighted by atomic mass is 16.5. The lowest BCUT2D eigenvalue weighted by atomic mass is 10.3. The van der Waals surface area contributed by atoms with Crippen molar-refractivity contribution in [2.75, 3.05) is 18.3 Å². The van der Waals surface area contributed by atoms with Crippen LogP contribution in [0.3, 0.4) is 0 Å². The Labute approximate surface area is 103 Å². The van der Waals surface area contributed by atoms with Gasteiger partial charge in [0.05, 0.1) is 7.11 Å². The standard InChI is InChI=1S/C11H13N5O2/c1-7-10(17)16(12)11(15-14-7)13-8-3-5-9(18-2)6-4-8/h3-6H,12H2,1-2H3,(H,13,15). The van der Waals surface area contributed by atoms with Gasteiger partial charge in [-0.2, -0.15) is 4.68 Å². The van der Waals surface area contributed by atoms with Gasteiger partial charge in [-0.3, -0.25) is 4.79 Å². The molecule has 2 aromatic rings. The summed E-state index contributed by atoms with van der Waals surface area (Å²) in [6.45, 7) is 1.55. The molecule has 7 heteroatoms. The Morgan fingerprint density at radius 3 is 2.56 bits per heavy atom. The van der Waals surface area contributed by atoms with E-state index in [0.717, 1.165) is 16.1 Å². The van der Waals surface area contributed by atoms with E-state index < -0.39 is 0 Å². The zero-order chi connectivity index (χ0) is 13.1. The summed E-state index contributed by atoms with van der Waals surface area (Å²) in [5.74, 6) is 6.52. The largest absolute Gasteiger partial charge is 0.497 e. The number of aryl methyl sites for hydroxylation is 1. The van der Waals surface area contributed by atoms with Gasteiger partial charge in [0.2, 0.25) is 5.95 Å². The molecule has 7 nitrogen and oxygen atoms in total. The smallest absolute Gasteiger partial charge is 0.295 e. The molecule has 0 aliphatic rings. The third-order valence-electron chi connectivity index (χ3n) is 2.40. The van der Waals surface area contributed by atoms with Crippen LogP contribution in [0.25, 0.3) is 0 Å². The molecule has 0 bridgehead atoms. The third-order valence-corrected chi connectivity index (χ3v) is 2.40. The van der Waals surface area contributed by atoms with Crippen molar-refractivity contribution in [2.24, 2.45) is 0 Å².